The Bertz CT molecular complexity index is 492. The molecule has 1 heterocycles. The molecule has 0 aliphatic heterocycles. The zero-order valence-corrected chi connectivity index (χ0v) is 11.1. The van der Waals surface area contributed by atoms with Crippen LogP contribution in [0.1, 0.15) is 17.7 Å². The van der Waals surface area contributed by atoms with Crippen LogP contribution in [0, 0.1) is 10.5 Å². The lowest BCUT2D eigenvalue weighted by Gasteiger charge is -2.06. The highest BCUT2D eigenvalue weighted by Gasteiger charge is 2.21. The summed E-state index contributed by atoms with van der Waals surface area (Å²) in [5.41, 5.74) is -0.320. The van der Waals surface area contributed by atoms with E-state index < -0.39 is 26.2 Å². The van der Waals surface area contributed by atoms with Crippen LogP contribution in [0.15, 0.2) is 11.1 Å². The van der Waals surface area contributed by atoms with Crippen LogP contribution in [-0.2, 0) is 9.05 Å². The predicted molar refractivity (Wildman–Crippen MR) is 59.7 cm³/mol. The first-order valence-corrected chi connectivity index (χ1v) is 7.02. The Hall–Kier alpha value is -0.0200. The molecule has 1 rings (SSSR count). The molecule has 0 aromatic carbocycles. The second-order valence-corrected chi connectivity index (χ2v) is 6.34. The van der Waals surface area contributed by atoms with Crippen molar-refractivity contribution in [2.45, 2.75) is 18.4 Å². The minimum atomic E-state index is -4.09. The lowest BCUT2D eigenvalue weighted by atomic mass is 10.3. The first-order valence-electron chi connectivity index (χ1n) is 3.63. The maximum atomic E-state index is 12.3. The molecule has 0 aliphatic rings. The van der Waals surface area contributed by atoms with Crippen molar-refractivity contribution < 1.29 is 17.2 Å². The van der Waals surface area contributed by atoms with E-state index in [1.54, 1.807) is 22.6 Å². The average Bonchev–Trinajstić information content (AvgIpc) is 2.06. The minimum Gasteiger partial charge on any atom is -0.234 e. The highest BCUT2D eigenvalue weighted by atomic mass is 127. The van der Waals surface area contributed by atoms with Crippen LogP contribution in [0.5, 0.6) is 0 Å². The largest absolute Gasteiger partial charge is 0.280 e. The van der Waals surface area contributed by atoms with Gasteiger partial charge in [0, 0.05) is 19.8 Å². The fraction of sp³-hybridized carbons (Fsp3) is 0.286. The average molecular weight is 368 g/mol. The van der Waals surface area contributed by atoms with Crippen molar-refractivity contribution in [3.8, 4) is 0 Å². The summed E-state index contributed by atoms with van der Waals surface area (Å²) in [6, 6.07) is 1.13. The SMILES string of the molecule is Cc1c(I)cc(C(F)F)nc1S(=O)(=O)Cl. The van der Waals surface area contributed by atoms with E-state index in [0.717, 1.165) is 6.07 Å². The predicted octanol–water partition coefficient (Wildman–Crippen LogP) is 2.86. The summed E-state index contributed by atoms with van der Waals surface area (Å²) in [5, 5.41) is -0.508. The molecule has 0 fully saturated rings. The minimum absolute atomic E-state index is 0.273. The Balaban J connectivity index is 3.52. The number of halogens is 4. The molecule has 15 heavy (non-hydrogen) atoms. The molecule has 1 aromatic rings. The van der Waals surface area contributed by atoms with Crippen LogP contribution in [-0.4, -0.2) is 13.4 Å². The van der Waals surface area contributed by atoms with Gasteiger partial charge in [0.15, 0.2) is 5.03 Å². The standard InChI is InChI=1S/C7H5ClF2INO2S/c1-3-4(11)2-5(6(9)10)12-7(3)15(8,13)14/h2,6H,1H3. The van der Waals surface area contributed by atoms with E-state index in [1.807, 2.05) is 0 Å². The number of rotatable bonds is 2. The summed E-state index contributed by atoms with van der Waals surface area (Å²) in [6.07, 6.45) is -2.82. The Morgan fingerprint density at radius 3 is 2.47 bits per heavy atom. The highest BCUT2D eigenvalue weighted by Crippen LogP contribution is 2.26. The molecular formula is C7H5ClF2INO2S. The Morgan fingerprint density at radius 1 is 1.53 bits per heavy atom. The van der Waals surface area contributed by atoms with Crippen LogP contribution < -0.4 is 0 Å². The van der Waals surface area contributed by atoms with Crippen molar-refractivity contribution in [1.82, 2.24) is 4.98 Å². The van der Waals surface area contributed by atoms with Gasteiger partial charge in [-0.25, -0.2) is 22.2 Å². The Labute approximate surface area is 103 Å². The summed E-state index contributed by atoms with van der Waals surface area (Å²) in [6.45, 7) is 1.46. The molecule has 0 radical (unpaired) electrons. The number of alkyl halides is 2. The zero-order valence-electron chi connectivity index (χ0n) is 7.34. The van der Waals surface area contributed by atoms with Crippen molar-refractivity contribution >= 4 is 42.3 Å². The summed E-state index contributed by atoms with van der Waals surface area (Å²) in [5.74, 6) is 0. The molecular weight excluding hydrogens is 363 g/mol. The number of hydrogen-bond donors (Lipinski definition) is 0. The van der Waals surface area contributed by atoms with Gasteiger partial charge >= 0.3 is 0 Å². The number of nitrogens with zero attached hydrogens (tertiary/aromatic N) is 1. The van der Waals surface area contributed by atoms with Crippen molar-refractivity contribution in [1.29, 1.82) is 0 Å². The maximum absolute atomic E-state index is 12.3. The molecule has 0 saturated carbocycles. The summed E-state index contributed by atoms with van der Waals surface area (Å²) in [7, 11) is 0.985. The normalized spacial score (nSPS) is 12.1. The van der Waals surface area contributed by atoms with Gasteiger partial charge in [0.2, 0.25) is 0 Å². The van der Waals surface area contributed by atoms with E-state index in [0.29, 0.717) is 3.57 Å². The van der Waals surface area contributed by atoms with Crippen molar-refractivity contribution in [3.05, 3.63) is 20.9 Å². The molecule has 0 saturated heterocycles. The van der Waals surface area contributed by atoms with Crippen LogP contribution >= 0.6 is 33.3 Å². The third-order valence-electron chi connectivity index (χ3n) is 1.64. The first kappa shape index (κ1) is 13.0. The van der Waals surface area contributed by atoms with Gasteiger partial charge in [-0.15, -0.1) is 0 Å². The molecule has 0 amide bonds. The van der Waals surface area contributed by atoms with E-state index in [4.69, 9.17) is 10.7 Å². The zero-order chi connectivity index (χ0) is 11.8. The van der Waals surface area contributed by atoms with Crippen molar-refractivity contribution in [2.75, 3.05) is 0 Å². The molecule has 0 spiro atoms. The lowest BCUT2D eigenvalue weighted by molar-refractivity contribution is 0.145. The van der Waals surface area contributed by atoms with E-state index in [1.165, 1.54) is 6.92 Å². The van der Waals surface area contributed by atoms with E-state index in [2.05, 4.69) is 4.98 Å². The van der Waals surface area contributed by atoms with Gasteiger partial charge in [-0.1, -0.05) is 0 Å². The first-order chi connectivity index (χ1) is 6.73. The summed E-state index contributed by atoms with van der Waals surface area (Å²) < 4.78 is 47.1. The smallest absolute Gasteiger partial charge is 0.234 e. The van der Waals surface area contributed by atoms with E-state index in [-0.39, 0.29) is 5.56 Å². The van der Waals surface area contributed by atoms with E-state index in [9.17, 15) is 17.2 Å². The Morgan fingerprint density at radius 2 is 2.07 bits per heavy atom. The second-order valence-electron chi connectivity index (χ2n) is 2.70. The molecule has 0 unspecified atom stereocenters. The van der Waals surface area contributed by atoms with Crippen LogP contribution in [0.2, 0.25) is 0 Å². The molecule has 0 N–H and O–H groups in total. The second kappa shape index (κ2) is 4.46. The Kier molecular flexibility index (Phi) is 3.88. The molecule has 1 aromatic heterocycles. The molecule has 8 heteroatoms. The number of hydrogen-bond acceptors (Lipinski definition) is 3. The molecule has 0 atom stereocenters. The maximum Gasteiger partial charge on any atom is 0.280 e. The van der Waals surface area contributed by atoms with Crippen molar-refractivity contribution in [3.63, 3.8) is 0 Å². The lowest BCUT2D eigenvalue weighted by Crippen LogP contribution is -2.04. The van der Waals surface area contributed by atoms with Crippen LogP contribution in [0.25, 0.3) is 0 Å². The van der Waals surface area contributed by atoms with Gasteiger partial charge in [0.1, 0.15) is 5.69 Å². The topological polar surface area (TPSA) is 47.0 Å². The van der Waals surface area contributed by atoms with Gasteiger partial charge in [0.25, 0.3) is 15.5 Å². The molecule has 0 aliphatic carbocycles. The van der Waals surface area contributed by atoms with Gasteiger partial charge in [-0.2, -0.15) is 0 Å². The van der Waals surface area contributed by atoms with Gasteiger partial charge in [0.05, 0.1) is 0 Å². The van der Waals surface area contributed by atoms with Crippen LogP contribution in [0.4, 0.5) is 8.78 Å². The quantitative estimate of drug-likeness (QED) is 0.596. The van der Waals surface area contributed by atoms with Gasteiger partial charge < -0.3 is 0 Å². The number of pyridine rings is 1. The highest BCUT2D eigenvalue weighted by molar-refractivity contribution is 14.1. The fourth-order valence-electron chi connectivity index (χ4n) is 0.923. The third-order valence-corrected chi connectivity index (χ3v) is 4.06. The molecule has 0 bridgehead atoms. The molecule has 3 nitrogen and oxygen atoms in total. The van der Waals surface area contributed by atoms with E-state index >= 15 is 0 Å². The van der Waals surface area contributed by atoms with Crippen LogP contribution in [0.3, 0.4) is 0 Å². The van der Waals surface area contributed by atoms with Crippen molar-refractivity contribution in [2.24, 2.45) is 0 Å². The summed E-state index contributed by atoms with van der Waals surface area (Å²) in [4.78, 5) is 3.33. The number of aromatic nitrogens is 1. The van der Waals surface area contributed by atoms with Gasteiger partial charge in [-0.05, 0) is 35.6 Å². The van der Waals surface area contributed by atoms with Gasteiger partial charge in [-0.3, -0.25) is 0 Å². The fourth-order valence-corrected chi connectivity index (χ4v) is 2.82. The monoisotopic (exact) mass is 367 g/mol. The molecule has 84 valence electrons. The third kappa shape index (κ3) is 2.97. The summed E-state index contributed by atoms with van der Waals surface area (Å²) >= 11 is 1.75.